The lowest BCUT2D eigenvalue weighted by Crippen LogP contribution is -2.51. The number of aromatic nitrogens is 2. The lowest BCUT2D eigenvalue weighted by Gasteiger charge is -2.42. The maximum absolute atomic E-state index is 13.3. The number of aryl methyl sites for hydroxylation is 2. The van der Waals surface area contributed by atoms with Crippen molar-refractivity contribution >= 4 is 11.6 Å². The summed E-state index contributed by atoms with van der Waals surface area (Å²) >= 11 is 0. The number of nitrogens with zero attached hydrogens (tertiary/aromatic N) is 4. The Labute approximate surface area is 168 Å². The minimum Gasteiger partial charge on any atom is -0.298 e. The fraction of sp³-hybridized carbons (Fsp3) is 0.565. The summed E-state index contributed by atoms with van der Waals surface area (Å²) in [6.45, 7) is 7.57. The monoisotopic (exact) mass is 380 g/mol. The van der Waals surface area contributed by atoms with Crippen LogP contribution in [-0.4, -0.2) is 27.2 Å². The van der Waals surface area contributed by atoms with Crippen LogP contribution in [0.1, 0.15) is 62.3 Å². The van der Waals surface area contributed by atoms with Gasteiger partial charge in [-0.15, -0.1) is 0 Å². The molecule has 150 valence electrons. The van der Waals surface area contributed by atoms with E-state index in [0.29, 0.717) is 12.7 Å². The molecule has 1 aliphatic carbocycles. The highest BCUT2D eigenvalue weighted by Gasteiger charge is 2.31. The van der Waals surface area contributed by atoms with E-state index in [2.05, 4.69) is 41.0 Å². The lowest BCUT2D eigenvalue weighted by molar-refractivity contribution is 0.123. The van der Waals surface area contributed by atoms with Gasteiger partial charge in [0.25, 0.3) is 5.56 Å². The second kappa shape index (κ2) is 8.08. The molecule has 2 heterocycles. The third-order valence-corrected chi connectivity index (χ3v) is 6.34. The molecule has 0 spiro atoms. The Hall–Kier alpha value is -2.14. The standard InChI is InChI=1S/C23H32N4O/c1-4-21-18(3)24-23-26(20-13-9-10-17(2)14-20)15-25(16-27(23)22(21)28)19-11-7-5-6-8-12-19/h9-10,13-14,19H,4-8,11-12,15-16H2,1-3H3. The smallest absolute Gasteiger partial charge is 0.259 e. The zero-order valence-corrected chi connectivity index (χ0v) is 17.4. The van der Waals surface area contributed by atoms with E-state index in [-0.39, 0.29) is 5.56 Å². The molecule has 1 fully saturated rings. The van der Waals surface area contributed by atoms with E-state index in [0.717, 1.165) is 36.0 Å². The number of hydrogen-bond acceptors (Lipinski definition) is 4. The Bertz CT molecular complexity index is 896. The van der Waals surface area contributed by atoms with Crippen LogP contribution in [-0.2, 0) is 13.1 Å². The van der Waals surface area contributed by atoms with Crippen LogP contribution in [0.4, 0.5) is 11.6 Å². The summed E-state index contributed by atoms with van der Waals surface area (Å²) in [7, 11) is 0. The first-order chi connectivity index (χ1) is 13.6. The Balaban J connectivity index is 1.80. The third kappa shape index (κ3) is 3.60. The predicted octanol–water partition coefficient (Wildman–Crippen LogP) is 4.51. The molecule has 5 nitrogen and oxygen atoms in total. The third-order valence-electron chi connectivity index (χ3n) is 6.34. The van der Waals surface area contributed by atoms with Crippen LogP contribution in [0.2, 0.25) is 0 Å². The average Bonchev–Trinajstić information content (AvgIpc) is 2.97. The van der Waals surface area contributed by atoms with Crippen LogP contribution in [0.25, 0.3) is 0 Å². The van der Waals surface area contributed by atoms with E-state index < -0.39 is 0 Å². The molecule has 1 aliphatic heterocycles. The van der Waals surface area contributed by atoms with Crippen molar-refractivity contribution in [1.29, 1.82) is 0 Å². The first-order valence-electron chi connectivity index (χ1n) is 10.8. The number of anilines is 2. The molecular weight excluding hydrogens is 348 g/mol. The quantitative estimate of drug-likeness (QED) is 0.735. The van der Waals surface area contributed by atoms with Crippen LogP contribution in [0, 0.1) is 13.8 Å². The molecule has 0 radical (unpaired) electrons. The van der Waals surface area contributed by atoms with Gasteiger partial charge in [0.1, 0.15) is 0 Å². The molecule has 2 aromatic rings. The number of fused-ring (bicyclic) bond motifs is 1. The topological polar surface area (TPSA) is 41.4 Å². The van der Waals surface area contributed by atoms with Crippen molar-refractivity contribution in [2.24, 2.45) is 0 Å². The molecule has 0 unspecified atom stereocenters. The molecular formula is C23H32N4O. The van der Waals surface area contributed by atoms with E-state index in [1.54, 1.807) is 0 Å². The zero-order chi connectivity index (χ0) is 19.7. The van der Waals surface area contributed by atoms with Gasteiger partial charge in [0, 0.05) is 23.0 Å². The normalized spacial score (nSPS) is 18.8. The van der Waals surface area contributed by atoms with Crippen molar-refractivity contribution in [2.45, 2.75) is 78.4 Å². The van der Waals surface area contributed by atoms with Crippen molar-refractivity contribution in [1.82, 2.24) is 14.5 Å². The van der Waals surface area contributed by atoms with Crippen molar-refractivity contribution in [3.63, 3.8) is 0 Å². The van der Waals surface area contributed by atoms with Crippen LogP contribution in [0.5, 0.6) is 0 Å². The second-order valence-electron chi connectivity index (χ2n) is 8.35. The van der Waals surface area contributed by atoms with Crippen molar-refractivity contribution in [3.8, 4) is 0 Å². The number of benzene rings is 1. The Kier molecular flexibility index (Phi) is 5.54. The van der Waals surface area contributed by atoms with Crippen molar-refractivity contribution in [3.05, 3.63) is 51.4 Å². The van der Waals surface area contributed by atoms with Gasteiger partial charge in [-0.05, 0) is 50.8 Å². The molecule has 1 saturated carbocycles. The van der Waals surface area contributed by atoms with E-state index >= 15 is 0 Å². The summed E-state index contributed by atoms with van der Waals surface area (Å²) in [6, 6.07) is 9.06. The Morgan fingerprint density at radius 3 is 2.50 bits per heavy atom. The predicted molar refractivity (Wildman–Crippen MR) is 114 cm³/mol. The maximum atomic E-state index is 13.3. The molecule has 0 atom stereocenters. The second-order valence-corrected chi connectivity index (χ2v) is 8.35. The van der Waals surface area contributed by atoms with Gasteiger partial charge in [-0.3, -0.25) is 19.2 Å². The number of rotatable bonds is 3. The highest BCUT2D eigenvalue weighted by Crippen LogP contribution is 2.31. The van der Waals surface area contributed by atoms with Crippen molar-refractivity contribution in [2.75, 3.05) is 11.6 Å². The van der Waals surface area contributed by atoms with Gasteiger partial charge in [0.05, 0.1) is 13.3 Å². The van der Waals surface area contributed by atoms with Gasteiger partial charge in [-0.2, -0.15) is 0 Å². The summed E-state index contributed by atoms with van der Waals surface area (Å²) in [4.78, 5) is 22.9. The molecule has 0 amide bonds. The van der Waals surface area contributed by atoms with Crippen molar-refractivity contribution < 1.29 is 0 Å². The fourth-order valence-electron chi connectivity index (χ4n) is 4.75. The minimum absolute atomic E-state index is 0.126. The fourth-order valence-corrected chi connectivity index (χ4v) is 4.75. The summed E-state index contributed by atoms with van der Waals surface area (Å²) in [5.74, 6) is 0.787. The molecule has 4 rings (SSSR count). The van der Waals surface area contributed by atoms with Gasteiger partial charge in [-0.25, -0.2) is 4.98 Å². The molecule has 0 N–H and O–H groups in total. The molecule has 28 heavy (non-hydrogen) atoms. The molecule has 0 bridgehead atoms. The van der Waals surface area contributed by atoms with Gasteiger partial charge in [-0.1, -0.05) is 44.7 Å². The molecule has 1 aromatic heterocycles. The first kappa shape index (κ1) is 19.2. The van der Waals surface area contributed by atoms with Gasteiger partial charge in [0.15, 0.2) is 0 Å². The van der Waals surface area contributed by atoms with Crippen LogP contribution < -0.4 is 10.5 Å². The zero-order valence-electron chi connectivity index (χ0n) is 17.4. The lowest BCUT2D eigenvalue weighted by atomic mass is 10.1. The van der Waals surface area contributed by atoms with Gasteiger partial charge in [0.2, 0.25) is 5.95 Å². The highest BCUT2D eigenvalue weighted by atomic mass is 16.1. The van der Waals surface area contributed by atoms with Gasteiger partial charge < -0.3 is 0 Å². The number of hydrogen-bond donors (Lipinski definition) is 0. The average molecular weight is 381 g/mol. The van der Waals surface area contributed by atoms with Gasteiger partial charge >= 0.3 is 0 Å². The largest absolute Gasteiger partial charge is 0.298 e. The molecule has 2 aliphatic rings. The Morgan fingerprint density at radius 1 is 1.07 bits per heavy atom. The van der Waals surface area contributed by atoms with E-state index in [9.17, 15) is 4.79 Å². The van der Waals surface area contributed by atoms with Crippen LogP contribution in [0.15, 0.2) is 29.1 Å². The summed E-state index contributed by atoms with van der Waals surface area (Å²) in [5, 5.41) is 0. The Morgan fingerprint density at radius 2 is 1.82 bits per heavy atom. The summed E-state index contributed by atoms with van der Waals surface area (Å²) < 4.78 is 1.91. The van der Waals surface area contributed by atoms with E-state index in [1.807, 2.05) is 18.4 Å². The first-order valence-corrected chi connectivity index (χ1v) is 10.8. The minimum atomic E-state index is 0.126. The molecule has 0 saturated heterocycles. The van der Waals surface area contributed by atoms with Crippen LogP contribution in [0.3, 0.4) is 0 Å². The summed E-state index contributed by atoms with van der Waals surface area (Å²) in [6.07, 6.45) is 8.44. The molecule has 1 aromatic carbocycles. The van der Waals surface area contributed by atoms with Crippen LogP contribution >= 0.6 is 0 Å². The highest BCUT2D eigenvalue weighted by molar-refractivity contribution is 5.59. The SMILES string of the molecule is CCc1c(C)nc2n(c1=O)CN(C1CCCCCC1)CN2c1cccc(C)c1. The molecule has 5 heteroatoms. The summed E-state index contributed by atoms with van der Waals surface area (Å²) in [5.41, 5.74) is 4.17. The maximum Gasteiger partial charge on any atom is 0.259 e. The van der Waals surface area contributed by atoms with E-state index in [4.69, 9.17) is 4.98 Å². The van der Waals surface area contributed by atoms with E-state index in [1.165, 1.54) is 44.1 Å².